The van der Waals surface area contributed by atoms with Gasteiger partial charge in [0, 0.05) is 13.0 Å². The van der Waals surface area contributed by atoms with E-state index in [1.165, 1.54) is 0 Å². The third-order valence-corrected chi connectivity index (χ3v) is 1.73. The molecule has 0 aliphatic carbocycles. The van der Waals surface area contributed by atoms with E-state index in [9.17, 15) is 8.78 Å². The van der Waals surface area contributed by atoms with Crippen LogP contribution in [0, 0.1) is 6.42 Å². The molecule has 10 heavy (non-hydrogen) atoms. The van der Waals surface area contributed by atoms with Crippen LogP contribution in [0.4, 0.5) is 8.78 Å². The van der Waals surface area contributed by atoms with Crippen LogP contribution in [-0.2, 0) is 0 Å². The third-order valence-electron chi connectivity index (χ3n) is 1.73. The van der Waals surface area contributed by atoms with E-state index < -0.39 is 5.92 Å². The number of likely N-dealkylation sites (tertiary alicyclic amines) is 1. The van der Waals surface area contributed by atoms with Gasteiger partial charge in [0.1, 0.15) is 0 Å². The first-order chi connectivity index (χ1) is 4.64. The molecule has 1 aliphatic rings. The van der Waals surface area contributed by atoms with Crippen LogP contribution in [0.3, 0.4) is 0 Å². The molecule has 0 aromatic rings. The monoisotopic (exact) mass is 148 g/mol. The molecule has 1 heterocycles. The maximum atomic E-state index is 12.6. The van der Waals surface area contributed by atoms with Gasteiger partial charge in [-0.2, -0.15) is 0 Å². The molecular formula is C7H12F2N. The van der Waals surface area contributed by atoms with Crippen molar-refractivity contribution in [2.45, 2.75) is 19.3 Å². The molecule has 0 saturated carbocycles. The highest BCUT2D eigenvalue weighted by Gasteiger charge is 2.34. The van der Waals surface area contributed by atoms with Crippen molar-refractivity contribution in [1.29, 1.82) is 0 Å². The minimum atomic E-state index is -2.48. The quantitative estimate of drug-likeness (QED) is 0.545. The summed E-state index contributed by atoms with van der Waals surface area (Å²) in [7, 11) is 0. The summed E-state index contributed by atoms with van der Waals surface area (Å²) < 4.78 is 25.1. The molecule has 1 rings (SSSR count). The van der Waals surface area contributed by atoms with Gasteiger partial charge < -0.3 is 0 Å². The number of hydrogen-bond donors (Lipinski definition) is 0. The second kappa shape index (κ2) is 2.82. The van der Waals surface area contributed by atoms with Gasteiger partial charge in [-0.05, 0) is 13.0 Å². The minimum Gasteiger partial charge on any atom is -0.297 e. The Kier molecular flexibility index (Phi) is 2.24. The minimum absolute atomic E-state index is 0.0521. The van der Waals surface area contributed by atoms with Gasteiger partial charge in [-0.25, -0.2) is 8.78 Å². The smallest absolute Gasteiger partial charge is 0.260 e. The number of alkyl halides is 2. The Morgan fingerprint density at radius 3 is 2.70 bits per heavy atom. The topological polar surface area (TPSA) is 3.24 Å². The fraction of sp³-hybridized carbons (Fsp3) is 0.857. The lowest BCUT2D eigenvalue weighted by molar-refractivity contribution is -0.0466. The van der Waals surface area contributed by atoms with Gasteiger partial charge in [0.05, 0.1) is 6.54 Å². The first-order valence-electron chi connectivity index (χ1n) is 3.56. The number of halogens is 2. The Morgan fingerprint density at radius 2 is 2.30 bits per heavy atom. The zero-order valence-electron chi connectivity index (χ0n) is 6.11. The highest BCUT2D eigenvalue weighted by atomic mass is 19.3. The predicted molar refractivity (Wildman–Crippen MR) is 36.0 cm³/mol. The normalized spacial score (nSPS) is 26.7. The molecule has 3 heteroatoms. The van der Waals surface area contributed by atoms with Crippen LogP contribution >= 0.6 is 0 Å². The SMILES string of the molecule is CCN1C[CH]CC(F)(F)C1. The van der Waals surface area contributed by atoms with E-state index in [4.69, 9.17) is 0 Å². The second-order valence-corrected chi connectivity index (χ2v) is 2.68. The summed E-state index contributed by atoms with van der Waals surface area (Å²) in [6, 6.07) is 0. The molecule has 0 N–H and O–H groups in total. The maximum absolute atomic E-state index is 12.6. The van der Waals surface area contributed by atoms with Crippen LogP contribution in [0.2, 0.25) is 0 Å². The van der Waals surface area contributed by atoms with Gasteiger partial charge in [-0.1, -0.05) is 6.92 Å². The van der Waals surface area contributed by atoms with Gasteiger partial charge in [0.25, 0.3) is 5.92 Å². The van der Waals surface area contributed by atoms with Crippen LogP contribution in [-0.4, -0.2) is 30.5 Å². The Labute approximate surface area is 60.0 Å². The molecule has 59 valence electrons. The van der Waals surface area contributed by atoms with Crippen molar-refractivity contribution in [2.75, 3.05) is 19.6 Å². The summed E-state index contributed by atoms with van der Waals surface area (Å²) in [5, 5.41) is 0. The molecule has 0 spiro atoms. The standard InChI is InChI=1S/C7H12F2N/c1-2-10-5-3-4-7(8,9)6-10/h3H,2,4-6H2,1H3. The Bertz CT molecular complexity index is 114. The molecule has 0 atom stereocenters. The maximum Gasteiger partial charge on any atom is 0.260 e. The summed E-state index contributed by atoms with van der Waals surface area (Å²) in [6.45, 7) is 3.26. The van der Waals surface area contributed by atoms with Crippen LogP contribution in [0.1, 0.15) is 13.3 Å². The average Bonchev–Trinajstić information content (AvgIpc) is 1.86. The third kappa shape index (κ3) is 1.90. The Hall–Kier alpha value is -0.180. The van der Waals surface area contributed by atoms with Gasteiger partial charge >= 0.3 is 0 Å². The fourth-order valence-corrected chi connectivity index (χ4v) is 1.16. The van der Waals surface area contributed by atoms with E-state index in [2.05, 4.69) is 0 Å². The van der Waals surface area contributed by atoms with Crippen molar-refractivity contribution in [3.8, 4) is 0 Å². The van der Waals surface area contributed by atoms with Crippen LogP contribution in [0.15, 0.2) is 0 Å². The number of hydrogen-bond acceptors (Lipinski definition) is 1. The largest absolute Gasteiger partial charge is 0.297 e. The van der Waals surface area contributed by atoms with E-state index in [1.807, 2.05) is 6.92 Å². The molecule has 0 amide bonds. The number of piperidine rings is 1. The first kappa shape index (κ1) is 7.92. The lowest BCUT2D eigenvalue weighted by Crippen LogP contribution is -2.42. The van der Waals surface area contributed by atoms with E-state index in [0.717, 1.165) is 0 Å². The fourth-order valence-electron chi connectivity index (χ4n) is 1.16. The summed E-state index contributed by atoms with van der Waals surface area (Å²) in [5.74, 6) is -2.48. The van der Waals surface area contributed by atoms with Crippen molar-refractivity contribution in [1.82, 2.24) is 4.90 Å². The molecule has 1 aliphatic heterocycles. The molecule has 1 fully saturated rings. The van der Waals surface area contributed by atoms with Gasteiger partial charge in [-0.3, -0.25) is 4.90 Å². The summed E-state index contributed by atoms with van der Waals surface area (Å²) in [6.07, 6.45) is 1.59. The number of rotatable bonds is 1. The highest BCUT2D eigenvalue weighted by molar-refractivity contribution is 4.87. The summed E-state index contributed by atoms with van der Waals surface area (Å²) in [4.78, 5) is 1.74. The summed E-state index contributed by atoms with van der Waals surface area (Å²) in [5.41, 5.74) is 0. The average molecular weight is 148 g/mol. The predicted octanol–water partition coefficient (Wildman–Crippen LogP) is 1.55. The van der Waals surface area contributed by atoms with Crippen LogP contribution in [0.25, 0.3) is 0 Å². The molecule has 0 bridgehead atoms. The zero-order valence-corrected chi connectivity index (χ0v) is 6.11. The van der Waals surface area contributed by atoms with Crippen molar-refractivity contribution in [2.24, 2.45) is 0 Å². The van der Waals surface area contributed by atoms with E-state index in [0.29, 0.717) is 13.1 Å². The van der Waals surface area contributed by atoms with E-state index in [-0.39, 0.29) is 13.0 Å². The van der Waals surface area contributed by atoms with E-state index in [1.54, 1.807) is 11.3 Å². The molecule has 1 saturated heterocycles. The molecular weight excluding hydrogens is 136 g/mol. The Morgan fingerprint density at radius 1 is 1.60 bits per heavy atom. The Balaban J connectivity index is 2.40. The van der Waals surface area contributed by atoms with Gasteiger partial charge in [-0.15, -0.1) is 0 Å². The van der Waals surface area contributed by atoms with Crippen LogP contribution < -0.4 is 0 Å². The van der Waals surface area contributed by atoms with Gasteiger partial charge in [0.15, 0.2) is 0 Å². The van der Waals surface area contributed by atoms with Crippen LogP contribution in [0.5, 0.6) is 0 Å². The molecule has 1 nitrogen and oxygen atoms in total. The summed E-state index contributed by atoms with van der Waals surface area (Å²) >= 11 is 0. The molecule has 0 aromatic heterocycles. The molecule has 0 unspecified atom stereocenters. The zero-order chi connectivity index (χ0) is 7.61. The lowest BCUT2D eigenvalue weighted by atomic mass is 10.1. The second-order valence-electron chi connectivity index (χ2n) is 2.68. The molecule has 1 radical (unpaired) electrons. The van der Waals surface area contributed by atoms with Gasteiger partial charge in [0.2, 0.25) is 0 Å². The highest BCUT2D eigenvalue weighted by Crippen LogP contribution is 2.25. The first-order valence-corrected chi connectivity index (χ1v) is 3.56. The molecule has 0 aromatic carbocycles. The van der Waals surface area contributed by atoms with Crippen molar-refractivity contribution < 1.29 is 8.78 Å². The van der Waals surface area contributed by atoms with Crippen molar-refractivity contribution in [3.05, 3.63) is 6.42 Å². The number of nitrogens with zero attached hydrogens (tertiary/aromatic N) is 1. The lowest BCUT2D eigenvalue weighted by Gasteiger charge is -2.31. The van der Waals surface area contributed by atoms with E-state index >= 15 is 0 Å². The van der Waals surface area contributed by atoms with Crippen molar-refractivity contribution >= 4 is 0 Å². The van der Waals surface area contributed by atoms with Crippen molar-refractivity contribution in [3.63, 3.8) is 0 Å².